The van der Waals surface area contributed by atoms with Gasteiger partial charge in [-0.05, 0) is 12.5 Å². The van der Waals surface area contributed by atoms with E-state index in [1.54, 1.807) is 13.0 Å². The molecule has 4 N–H and O–H groups in total. The Bertz CT molecular complexity index is 938. The molecule has 0 fully saturated rings. The lowest BCUT2D eigenvalue weighted by atomic mass is 10.1. The third-order valence-corrected chi connectivity index (χ3v) is 4.33. The summed E-state index contributed by atoms with van der Waals surface area (Å²) >= 11 is 1.09. The molecule has 2 heterocycles. The SMILES string of the molecule is Cc1cc(NC(=O)[C@@H](Sc2nc(N)cc(=O)[nH]2)c2ccccc2)no1. The third-order valence-electron chi connectivity index (χ3n) is 3.19. The molecule has 0 saturated carbocycles. The van der Waals surface area contributed by atoms with E-state index in [4.69, 9.17) is 10.3 Å². The zero-order chi connectivity index (χ0) is 17.8. The molecule has 1 amide bonds. The Morgan fingerprint density at radius 3 is 2.72 bits per heavy atom. The number of aromatic nitrogens is 3. The van der Waals surface area contributed by atoms with Gasteiger partial charge in [0.1, 0.15) is 16.8 Å². The maximum atomic E-state index is 12.7. The van der Waals surface area contributed by atoms with Crippen molar-refractivity contribution in [1.29, 1.82) is 0 Å². The summed E-state index contributed by atoms with van der Waals surface area (Å²) in [5.74, 6) is 0.666. The Hall–Kier alpha value is -3.07. The number of anilines is 2. The van der Waals surface area contributed by atoms with Gasteiger partial charge in [-0.25, -0.2) is 4.98 Å². The second-order valence-electron chi connectivity index (χ2n) is 5.20. The molecule has 2 aromatic heterocycles. The molecule has 3 aromatic rings. The predicted molar refractivity (Wildman–Crippen MR) is 94.2 cm³/mol. The first-order valence-corrected chi connectivity index (χ1v) is 8.22. The van der Waals surface area contributed by atoms with Crippen LogP contribution in [-0.4, -0.2) is 21.0 Å². The molecule has 0 unspecified atom stereocenters. The zero-order valence-electron chi connectivity index (χ0n) is 13.2. The number of amides is 1. The molecule has 8 nitrogen and oxygen atoms in total. The number of aryl methyl sites for hydroxylation is 1. The average molecular weight is 357 g/mol. The first kappa shape index (κ1) is 16.8. The number of rotatable bonds is 5. The number of H-pyrrole nitrogens is 1. The smallest absolute Gasteiger partial charge is 0.253 e. The fraction of sp³-hybridized carbons (Fsp3) is 0.125. The van der Waals surface area contributed by atoms with Crippen molar-refractivity contribution in [3.8, 4) is 0 Å². The minimum atomic E-state index is -0.664. The Kier molecular flexibility index (Phi) is 4.85. The van der Waals surface area contributed by atoms with Crippen molar-refractivity contribution in [2.45, 2.75) is 17.3 Å². The highest BCUT2D eigenvalue weighted by atomic mass is 32.2. The van der Waals surface area contributed by atoms with E-state index in [0.717, 1.165) is 17.3 Å². The summed E-state index contributed by atoms with van der Waals surface area (Å²) in [5, 5.41) is 6.04. The van der Waals surface area contributed by atoms with Gasteiger partial charge in [-0.2, -0.15) is 0 Å². The van der Waals surface area contributed by atoms with Crippen LogP contribution in [0.1, 0.15) is 16.6 Å². The van der Waals surface area contributed by atoms with Gasteiger partial charge in [-0.3, -0.25) is 9.59 Å². The van der Waals surface area contributed by atoms with Crippen LogP contribution in [0, 0.1) is 6.92 Å². The normalized spacial score (nSPS) is 11.9. The van der Waals surface area contributed by atoms with Crippen molar-refractivity contribution in [3.63, 3.8) is 0 Å². The monoisotopic (exact) mass is 357 g/mol. The van der Waals surface area contributed by atoms with Crippen molar-refractivity contribution < 1.29 is 9.32 Å². The number of nitrogens with one attached hydrogen (secondary N) is 2. The fourth-order valence-electron chi connectivity index (χ4n) is 2.14. The molecule has 128 valence electrons. The summed E-state index contributed by atoms with van der Waals surface area (Å²) in [6.45, 7) is 1.73. The van der Waals surface area contributed by atoms with E-state index in [1.165, 1.54) is 6.07 Å². The minimum Gasteiger partial charge on any atom is -0.383 e. The van der Waals surface area contributed by atoms with Crippen LogP contribution < -0.4 is 16.6 Å². The highest BCUT2D eigenvalue weighted by molar-refractivity contribution is 8.00. The number of carbonyl (C=O) groups is 1. The number of nitrogens with zero attached hydrogens (tertiary/aromatic N) is 2. The van der Waals surface area contributed by atoms with Crippen LogP contribution in [0.25, 0.3) is 0 Å². The van der Waals surface area contributed by atoms with Gasteiger partial charge in [0.2, 0.25) is 5.91 Å². The van der Waals surface area contributed by atoms with Crippen molar-refractivity contribution >= 4 is 29.3 Å². The van der Waals surface area contributed by atoms with Crippen molar-refractivity contribution in [3.05, 3.63) is 64.1 Å². The molecule has 9 heteroatoms. The van der Waals surface area contributed by atoms with Gasteiger partial charge < -0.3 is 20.6 Å². The molecule has 1 aromatic carbocycles. The Morgan fingerprint density at radius 2 is 2.08 bits per heavy atom. The van der Waals surface area contributed by atoms with E-state index in [-0.39, 0.29) is 22.4 Å². The summed E-state index contributed by atoms with van der Waals surface area (Å²) in [6.07, 6.45) is 0. The van der Waals surface area contributed by atoms with E-state index in [2.05, 4.69) is 20.4 Å². The number of benzene rings is 1. The highest BCUT2D eigenvalue weighted by Gasteiger charge is 2.24. The number of nitrogens with two attached hydrogens (primary N) is 1. The third kappa shape index (κ3) is 4.27. The Labute approximate surface area is 146 Å². The van der Waals surface area contributed by atoms with Crippen LogP contribution in [0.2, 0.25) is 0 Å². The van der Waals surface area contributed by atoms with Crippen molar-refractivity contribution in [1.82, 2.24) is 15.1 Å². The van der Waals surface area contributed by atoms with Crippen LogP contribution in [0.5, 0.6) is 0 Å². The van der Waals surface area contributed by atoms with Gasteiger partial charge in [-0.15, -0.1) is 0 Å². The van der Waals surface area contributed by atoms with Crippen LogP contribution in [0.15, 0.2) is 56.9 Å². The number of hydrogen-bond acceptors (Lipinski definition) is 7. The molecule has 0 radical (unpaired) electrons. The van der Waals surface area contributed by atoms with E-state index >= 15 is 0 Å². The molecule has 25 heavy (non-hydrogen) atoms. The zero-order valence-corrected chi connectivity index (χ0v) is 14.0. The van der Waals surface area contributed by atoms with Gasteiger partial charge in [0.15, 0.2) is 11.0 Å². The predicted octanol–water partition coefficient (Wildman–Crippen LogP) is 2.12. The number of hydrogen-bond donors (Lipinski definition) is 3. The second kappa shape index (κ2) is 7.22. The summed E-state index contributed by atoms with van der Waals surface area (Å²) in [6, 6.07) is 11.9. The minimum absolute atomic E-state index is 0.0885. The number of aromatic amines is 1. The molecule has 0 aliphatic heterocycles. The molecule has 0 saturated heterocycles. The summed E-state index contributed by atoms with van der Waals surface area (Å²) < 4.78 is 4.95. The van der Waals surface area contributed by atoms with E-state index in [0.29, 0.717) is 11.6 Å². The summed E-state index contributed by atoms with van der Waals surface area (Å²) in [5.41, 5.74) is 5.97. The van der Waals surface area contributed by atoms with E-state index < -0.39 is 5.25 Å². The molecule has 3 rings (SSSR count). The van der Waals surface area contributed by atoms with Crippen LogP contribution in [0.3, 0.4) is 0 Å². The largest absolute Gasteiger partial charge is 0.383 e. The van der Waals surface area contributed by atoms with Gasteiger partial charge in [0, 0.05) is 12.1 Å². The van der Waals surface area contributed by atoms with Gasteiger partial charge in [-0.1, -0.05) is 47.3 Å². The van der Waals surface area contributed by atoms with Crippen LogP contribution in [0.4, 0.5) is 11.6 Å². The molecule has 0 bridgehead atoms. The fourth-order valence-corrected chi connectivity index (χ4v) is 3.14. The van der Waals surface area contributed by atoms with E-state index in [9.17, 15) is 9.59 Å². The van der Waals surface area contributed by atoms with E-state index in [1.807, 2.05) is 30.3 Å². The quantitative estimate of drug-likeness (QED) is 0.471. The number of thioether (sulfide) groups is 1. The molecule has 0 spiro atoms. The van der Waals surface area contributed by atoms with Gasteiger partial charge in [0.25, 0.3) is 5.56 Å². The summed E-state index contributed by atoms with van der Waals surface area (Å²) in [4.78, 5) is 31.0. The summed E-state index contributed by atoms with van der Waals surface area (Å²) in [7, 11) is 0. The molecular weight excluding hydrogens is 342 g/mol. The standard InChI is InChI=1S/C16H15N5O3S/c1-9-7-12(21-24-9)19-15(23)14(10-5-3-2-4-6-10)25-16-18-11(17)8-13(22)20-16/h2-8,14H,1H3,(H,19,21,23)(H3,17,18,20,22)/t14-/m0/s1. The lowest BCUT2D eigenvalue weighted by molar-refractivity contribution is -0.115. The molecular formula is C16H15N5O3S. The lowest BCUT2D eigenvalue weighted by Gasteiger charge is -2.15. The molecule has 0 aliphatic carbocycles. The first-order chi connectivity index (χ1) is 12.0. The molecule has 1 atom stereocenters. The van der Waals surface area contributed by atoms with Crippen molar-refractivity contribution in [2.75, 3.05) is 11.1 Å². The highest BCUT2D eigenvalue weighted by Crippen LogP contribution is 2.34. The first-order valence-electron chi connectivity index (χ1n) is 7.34. The second-order valence-corrected chi connectivity index (χ2v) is 6.29. The maximum absolute atomic E-state index is 12.7. The Balaban J connectivity index is 1.89. The van der Waals surface area contributed by atoms with Crippen LogP contribution >= 0.6 is 11.8 Å². The number of carbonyl (C=O) groups excluding carboxylic acids is 1. The Morgan fingerprint density at radius 1 is 1.32 bits per heavy atom. The number of nitrogen functional groups attached to an aromatic ring is 1. The maximum Gasteiger partial charge on any atom is 0.253 e. The van der Waals surface area contributed by atoms with Gasteiger partial charge >= 0.3 is 0 Å². The molecule has 0 aliphatic rings. The average Bonchev–Trinajstić information content (AvgIpc) is 2.97. The van der Waals surface area contributed by atoms with Gasteiger partial charge in [0.05, 0.1) is 0 Å². The topological polar surface area (TPSA) is 127 Å². The lowest BCUT2D eigenvalue weighted by Crippen LogP contribution is -2.20. The van der Waals surface area contributed by atoms with Crippen LogP contribution in [-0.2, 0) is 4.79 Å². The van der Waals surface area contributed by atoms with Crippen molar-refractivity contribution in [2.24, 2.45) is 0 Å².